The fraction of sp³-hybridized carbons (Fsp3) is 0.818. The van der Waals surface area contributed by atoms with E-state index in [0.717, 1.165) is 18.0 Å². The Morgan fingerprint density at radius 3 is 2.89 bits per heavy atom. The average molecular weight is 285 g/mol. The minimum atomic E-state index is -1.20. The largest absolute Gasteiger partial charge is 0.480 e. The standard InChI is InChI=1S/C11H19N5O2S/c1-11(12,9(17)18)6-7-19-10-13-14-15-16(10)8-4-2-3-5-8/h8H,2-7,12H2,1H3,(H,17,18). The van der Waals surface area contributed by atoms with E-state index in [4.69, 9.17) is 10.8 Å². The van der Waals surface area contributed by atoms with Gasteiger partial charge in [0.25, 0.3) is 0 Å². The molecule has 1 unspecified atom stereocenters. The molecule has 0 saturated heterocycles. The van der Waals surface area contributed by atoms with Crippen molar-refractivity contribution in [1.29, 1.82) is 0 Å². The van der Waals surface area contributed by atoms with E-state index in [2.05, 4.69) is 15.5 Å². The lowest BCUT2D eigenvalue weighted by Gasteiger charge is -2.18. The van der Waals surface area contributed by atoms with Gasteiger partial charge in [-0.15, -0.1) is 5.10 Å². The first kappa shape index (κ1) is 14.3. The van der Waals surface area contributed by atoms with Crippen molar-refractivity contribution in [2.24, 2.45) is 5.73 Å². The van der Waals surface area contributed by atoms with E-state index < -0.39 is 11.5 Å². The molecule has 1 saturated carbocycles. The zero-order valence-electron chi connectivity index (χ0n) is 10.9. The van der Waals surface area contributed by atoms with E-state index in [1.807, 2.05) is 4.68 Å². The predicted molar refractivity (Wildman–Crippen MR) is 70.9 cm³/mol. The highest BCUT2D eigenvalue weighted by Crippen LogP contribution is 2.31. The number of rotatable bonds is 6. The molecule has 8 heteroatoms. The van der Waals surface area contributed by atoms with Gasteiger partial charge in [-0.05, 0) is 36.6 Å². The number of carbonyl (C=O) groups is 1. The van der Waals surface area contributed by atoms with Crippen molar-refractivity contribution in [1.82, 2.24) is 20.2 Å². The van der Waals surface area contributed by atoms with Crippen LogP contribution in [-0.2, 0) is 4.79 Å². The number of nitrogens with zero attached hydrogens (tertiary/aromatic N) is 4. The topological polar surface area (TPSA) is 107 Å². The summed E-state index contributed by atoms with van der Waals surface area (Å²) < 4.78 is 1.87. The highest BCUT2D eigenvalue weighted by atomic mass is 32.2. The molecule has 1 aromatic heterocycles. The molecule has 1 heterocycles. The maximum absolute atomic E-state index is 10.9. The van der Waals surface area contributed by atoms with Crippen LogP contribution < -0.4 is 5.73 Å². The van der Waals surface area contributed by atoms with Crippen LogP contribution in [0.4, 0.5) is 0 Å². The van der Waals surface area contributed by atoms with Gasteiger partial charge in [0.2, 0.25) is 5.16 Å². The van der Waals surface area contributed by atoms with Crippen LogP contribution in [0, 0.1) is 0 Å². The molecule has 1 aliphatic rings. The molecule has 0 radical (unpaired) electrons. The predicted octanol–water partition coefficient (Wildman–Crippen LogP) is 1.07. The molecule has 19 heavy (non-hydrogen) atoms. The highest BCUT2D eigenvalue weighted by molar-refractivity contribution is 7.99. The Labute approximate surface area is 115 Å². The first-order valence-corrected chi connectivity index (χ1v) is 7.42. The van der Waals surface area contributed by atoms with Crippen LogP contribution in [0.15, 0.2) is 5.16 Å². The molecule has 1 aliphatic carbocycles. The zero-order valence-corrected chi connectivity index (χ0v) is 11.8. The van der Waals surface area contributed by atoms with Gasteiger partial charge < -0.3 is 10.8 Å². The number of hydrogen-bond donors (Lipinski definition) is 2. The zero-order chi connectivity index (χ0) is 13.9. The van der Waals surface area contributed by atoms with E-state index >= 15 is 0 Å². The van der Waals surface area contributed by atoms with Crippen molar-refractivity contribution in [3.63, 3.8) is 0 Å². The number of nitrogens with two attached hydrogens (primary N) is 1. The van der Waals surface area contributed by atoms with E-state index in [1.54, 1.807) is 0 Å². The summed E-state index contributed by atoms with van der Waals surface area (Å²) in [7, 11) is 0. The third-order valence-corrected chi connectivity index (χ3v) is 4.41. The lowest BCUT2D eigenvalue weighted by molar-refractivity contribution is -0.142. The van der Waals surface area contributed by atoms with Gasteiger partial charge in [-0.3, -0.25) is 4.79 Å². The van der Waals surface area contributed by atoms with Crippen LogP contribution in [0.5, 0.6) is 0 Å². The normalized spacial score (nSPS) is 19.5. The maximum atomic E-state index is 10.9. The second kappa shape index (κ2) is 5.87. The van der Waals surface area contributed by atoms with Crippen molar-refractivity contribution < 1.29 is 9.90 Å². The van der Waals surface area contributed by atoms with E-state index in [1.165, 1.54) is 31.5 Å². The molecular weight excluding hydrogens is 266 g/mol. The van der Waals surface area contributed by atoms with Crippen molar-refractivity contribution in [2.45, 2.75) is 55.8 Å². The Morgan fingerprint density at radius 2 is 2.26 bits per heavy atom. The smallest absolute Gasteiger partial charge is 0.323 e. The molecule has 0 spiro atoms. The van der Waals surface area contributed by atoms with Crippen molar-refractivity contribution >= 4 is 17.7 Å². The molecule has 0 amide bonds. The first-order valence-electron chi connectivity index (χ1n) is 6.43. The van der Waals surface area contributed by atoms with Crippen molar-refractivity contribution in [2.75, 3.05) is 5.75 Å². The van der Waals surface area contributed by atoms with Gasteiger partial charge in [0.05, 0.1) is 6.04 Å². The van der Waals surface area contributed by atoms with Crippen LogP contribution in [0.2, 0.25) is 0 Å². The Balaban J connectivity index is 1.90. The molecule has 106 valence electrons. The Morgan fingerprint density at radius 1 is 1.58 bits per heavy atom. The minimum absolute atomic E-state index is 0.379. The number of carboxylic acids is 1. The lowest BCUT2D eigenvalue weighted by atomic mass is 10.0. The third kappa shape index (κ3) is 3.44. The van der Waals surface area contributed by atoms with Gasteiger partial charge in [-0.2, -0.15) is 0 Å². The van der Waals surface area contributed by atoms with E-state index in [9.17, 15) is 4.79 Å². The second-order valence-corrected chi connectivity index (χ2v) is 6.23. The van der Waals surface area contributed by atoms with E-state index in [-0.39, 0.29) is 0 Å². The van der Waals surface area contributed by atoms with Crippen LogP contribution in [-0.4, -0.2) is 42.6 Å². The first-order chi connectivity index (χ1) is 9.00. The van der Waals surface area contributed by atoms with Gasteiger partial charge in [-0.25, -0.2) is 4.68 Å². The minimum Gasteiger partial charge on any atom is -0.480 e. The molecule has 7 nitrogen and oxygen atoms in total. The molecule has 1 atom stereocenters. The molecule has 0 bridgehead atoms. The van der Waals surface area contributed by atoms with Crippen LogP contribution in [0.25, 0.3) is 0 Å². The number of aliphatic carboxylic acids is 1. The molecule has 0 aromatic carbocycles. The third-order valence-electron chi connectivity index (χ3n) is 3.47. The molecule has 3 N–H and O–H groups in total. The molecular formula is C11H19N5O2S. The van der Waals surface area contributed by atoms with Crippen molar-refractivity contribution in [3.8, 4) is 0 Å². The van der Waals surface area contributed by atoms with Crippen molar-refractivity contribution in [3.05, 3.63) is 0 Å². The Bertz CT molecular complexity index is 442. The fourth-order valence-electron chi connectivity index (χ4n) is 2.12. The second-order valence-electron chi connectivity index (χ2n) is 5.17. The number of aromatic nitrogens is 4. The van der Waals surface area contributed by atoms with Crippen LogP contribution in [0.3, 0.4) is 0 Å². The summed E-state index contributed by atoms with van der Waals surface area (Å²) in [6.45, 7) is 1.52. The van der Waals surface area contributed by atoms with E-state index in [0.29, 0.717) is 18.2 Å². The van der Waals surface area contributed by atoms with Gasteiger partial charge in [0.15, 0.2) is 0 Å². The average Bonchev–Trinajstić information content (AvgIpc) is 2.97. The van der Waals surface area contributed by atoms with Crippen LogP contribution >= 0.6 is 11.8 Å². The highest BCUT2D eigenvalue weighted by Gasteiger charge is 2.28. The quantitative estimate of drug-likeness (QED) is 0.753. The Hall–Kier alpha value is -1.15. The summed E-state index contributed by atoms with van der Waals surface area (Å²) in [4.78, 5) is 10.9. The van der Waals surface area contributed by atoms with Crippen LogP contribution in [0.1, 0.15) is 45.1 Å². The van der Waals surface area contributed by atoms with Gasteiger partial charge in [0, 0.05) is 5.75 Å². The monoisotopic (exact) mass is 285 g/mol. The van der Waals surface area contributed by atoms with Gasteiger partial charge in [-0.1, -0.05) is 24.6 Å². The summed E-state index contributed by atoms with van der Waals surface area (Å²) in [5.74, 6) is -0.393. The SMILES string of the molecule is CC(N)(CCSc1nnnn1C1CCCC1)C(=O)O. The fourth-order valence-corrected chi connectivity index (χ4v) is 3.24. The van der Waals surface area contributed by atoms with Gasteiger partial charge >= 0.3 is 5.97 Å². The molecule has 2 rings (SSSR count). The lowest BCUT2D eigenvalue weighted by Crippen LogP contribution is -2.45. The maximum Gasteiger partial charge on any atom is 0.323 e. The summed E-state index contributed by atoms with van der Waals surface area (Å²) >= 11 is 1.47. The molecule has 1 aromatic rings. The number of hydrogen-bond acceptors (Lipinski definition) is 6. The van der Waals surface area contributed by atoms with Gasteiger partial charge in [0.1, 0.15) is 5.54 Å². The summed E-state index contributed by atoms with van der Waals surface area (Å²) in [5, 5.41) is 21.5. The summed E-state index contributed by atoms with van der Waals surface area (Å²) in [6.07, 6.45) is 5.04. The Kier molecular flexibility index (Phi) is 4.41. The molecule has 1 fully saturated rings. The number of carboxylic acid groups (broad SMARTS) is 1. The number of thioether (sulfide) groups is 1. The number of tetrazole rings is 1. The summed E-state index contributed by atoms with van der Waals surface area (Å²) in [5.41, 5.74) is 4.49. The molecule has 0 aliphatic heterocycles. The summed E-state index contributed by atoms with van der Waals surface area (Å²) in [6, 6.07) is 0.390.